The first-order valence-electron chi connectivity index (χ1n) is 10.4. The van der Waals surface area contributed by atoms with Gasteiger partial charge in [-0.3, -0.25) is 19.6 Å². The number of hydrogen-bond acceptors (Lipinski definition) is 6. The van der Waals surface area contributed by atoms with E-state index in [0.717, 1.165) is 22.3 Å². The zero-order valence-electron chi connectivity index (χ0n) is 18.0. The highest BCUT2D eigenvalue weighted by Gasteiger charge is 2.07. The highest BCUT2D eigenvalue weighted by atomic mass is 16.2. The van der Waals surface area contributed by atoms with Gasteiger partial charge in [0.05, 0.1) is 12.4 Å². The Balaban J connectivity index is 1.33. The molecule has 0 fully saturated rings. The summed E-state index contributed by atoms with van der Waals surface area (Å²) in [6.45, 7) is 0. The van der Waals surface area contributed by atoms with Gasteiger partial charge in [-0.2, -0.15) is 10.2 Å². The maximum Gasteiger partial charge on any atom is 0.271 e. The van der Waals surface area contributed by atoms with E-state index in [9.17, 15) is 9.59 Å². The van der Waals surface area contributed by atoms with Gasteiger partial charge >= 0.3 is 0 Å². The highest BCUT2D eigenvalue weighted by Crippen LogP contribution is 2.20. The first kappa shape index (κ1) is 22.2. The number of carbonyl (C=O) groups is 2. The molecule has 2 aromatic heterocycles. The number of hydrazone groups is 2. The Hall–Kier alpha value is -4.98. The smallest absolute Gasteiger partial charge is 0.267 e. The summed E-state index contributed by atoms with van der Waals surface area (Å²) in [4.78, 5) is 32.4. The second kappa shape index (κ2) is 11.1. The number of carbonyl (C=O) groups excluding carboxylic acids is 2. The number of aromatic nitrogens is 2. The van der Waals surface area contributed by atoms with Crippen molar-refractivity contribution >= 4 is 24.2 Å². The van der Waals surface area contributed by atoms with Gasteiger partial charge in [0, 0.05) is 35.9 Å². The van der Waals surface area contributed by atoms with E-state index in [2.05, 4.69) is 31.0 Å². The lowest BCUT2D eigenvalue weighted by Gasteiger charge is -2.05. The summed E-state index contributed by atoms with van der Waals surface area (Å²) in [5.74, 6) is -0.618. The molecule has 0 saturated carbocycles. The minimum absolute atomic E-state index is 0.309. The number of pyridine rings is 2. The van der Waals surface area contributed by atoms with Gasteiger partial charge in [-0.15, -0.1) is 0 Å². The first-order valence-corrected chi connectivity index (χ1v) is 10.4. The molecule has 0 radical (unpaired) electrons. The molecule has 2 amide bonds. The zero-order chi connectivity index (χ0) is 23.6. The van der Waals surface area contributed by atoms with Crippen LogP contribution < -0.4 is 10.9 Å². The van der Waals surface area contributed by atoms with E-state index in [1.54, 1.807) is 85.7 Å². The number of amides is 2. The van der Waals surface area contributed by atoms with Crippen LogP contribution in [-0.4, -0.2) is 34.2 Å². The largest absolute Gasteiger partial charge is 0.271 e. The van der Waals surface area contributed by atoms with Crippen LogP contribution in [0.25, 0.3) is 11.1 Å². The Morgan fingerprint density at radius 1 is 0.559 bits per heavy atom. The molecule has 166 valence electrons. The number of benzene rings is 2. The predicted molar refractivity (Wildman–Crippen MR) is 130 cm³/mol. The highest BCUT2D eigenvalue weighted by molar-refractivity contribution is 5.96. The van der Waals surface area contributed by atoms with E-state index >= 15 is 0 Å². The Morgan fingerprint density at radius 2 is 0.912 bits per heavy atom. The minimum Gasteiger partial charge on any atom is -0.267 e. The third-order valence-corrected chi connectivity index (χ3v) is 4.80. The van der Waals surface area contributed by atoms with Crippen molar-refractivity contribution in [1.29, 1.82) is 0 Å². The van der Waals surface area contributed by atoms with Crippen LogP contribution >= 0.6 is 0 Å². The fraction of sp³-hybridized carbons (Fsp3) is 0. The summed E-state index contributed by atoms with van der Waals surface area (Å²) >= 11 is 0. The van der Waals surface area contributed by atoms with Crippen LogP contribution in [0.2, 0.25) is 0 Å². The van der Waals surface area contributed by atoms with Crippen molar-refractivity contribution in [2.75, 3.05) is 0 Å². The quantitative estimate of drug-likeness (QED) is 0.332. The van der Waals surface area contributed by atoms with E-state index in [0.29, 0.717) is 11.1 Å². The Morgan fingerprint density at radius 3 is 1.26 bits per heavy atom. The molecule has 0 aliphatic rings. The van der Waals surface area contributed by atoms with Crippen molar-refractivity contribution in [3.05, 3.63) is 120 Å². The third-order valence-electron chi connectivity index (χ3n) is 4.80. The van der Waals surface area contributed by atoms with Gasteiger partial charge in [0.2, 0.25) is 0 Å². The van der Waals surface area contributed by atoms with Crippen LogP contribution in [-0.2, 0) is 0 Å². The van der Waals surface area contributed by atoms with E-state index in [-0.39, 0.29) is 11.8 Å². The second-order valence-electron chi connectivity index (χ2n) is 7.11. The lowest BCUT2D eigenvalue weighted by atomic mass is 10.0. The topological polar surface area (TPSA) is 109 Å². The summed E-state index contributed by atoms with van der Waals surface area (Å²) in [6, 6.07) is 21.4. The minimum atomic E-state index is -0.309. The number of rotatable bonds is 7. The molecule has 0 spiro atoms. The number of nitrogens with zero attached hydrogens (tertiary/aromatic N) is 4. The summed E-state index contributed by atoms with van der Waals surface area (Å²) in [5, 5.41) is 7.92. The van der Waals surface area contributed by atoms with Crippen LogP contribution in [0.1, 0.15) is 31.8 Å². The molecule has 8 nitrogen and oxygen atoms in total. The van der Waals surface area contributed by atoms with Crippen LogP contribution in [0.5, 0.6) is 0 Å². The standard InChI is InChI=1S/C26H20N6O2/c33-25(31-29-17-19-9-13-27-14-10-19)23-5-1-21(2-6-23)22-3-7-24(8-4-22)26(34)32-30-18-20-11-15-28-16-12-20/h1-18H,(H,31,33)(H,32,34)/b29-17+,30-18+. The molecule has 0 aliphatic carbocycles. The maximum absolute atomic E-state index is 12.3. The normalized spacial score (nSPS) is 10.9. The molecule has 8 heteroatoms. The molecule has 0 saturated heterocycles. The van der Waals surface area contributed by atoms with Gasteiger partial charge in [-0.1, -0.05) is 24.3 Å². The van der Waals surface area contributed by atoms with Gasteiger partial charge in [-0.25, -0.2) is 10.9 Å². The van der Waals surface area contributed by atoms with Gasteiger partial charge in [0.25, 0.3) is 11.8 Å². The Kier molecular flexibility index (Phi) is 7.22. The van der Waals surface area contributed by atoms with Gasteiger partial charge in [0.15, 0.2) is 0 Å². The summed E-state index contributed by atoms with van der Waals surface area (Å²) in [6.07, 6.45) is 9.71. The van der Waals surface area contributed by atoms with E-state index in [1.165, 1.54) is 0 Å². The SMILES string of the molecule is O=C(N/N=C/c1ccncc1)c1ccc(-c2ccc(C(=O)N/N=C/c3ccncc3)cc2)cc1. The van der Waals surface area contributed by atoms with Gasteiger partial charge < -0.3 is 0 Å². The van der Waals surface area contributed by atoms with E-state index in [4.69, 9.17) is 0 Å². The first-order chi connectivity index (χ1) is 16.7. The molecule has 34 heavy (non-hydrogen) atoms. The van der Waals surface area contributed by atoms with Crippen LogP contribution in [0, 0.1) is 0 Å². The van der Waals surface area contributed by atoms with Crippen molar-refractivity contribution in [2.24, 2.45) is 10.2 Å². The van der Waals surface area contributed by atoms with Crippen molar-refractivity contribution in [2.45, 2.75) is 0 Å². The molecule has 0 unspecified atom stereocenters. The molecule has 2 aromatic carbocycles. The number of nitrogens with one attached hydrogen (secondary N) is 2. The van der Waals surface area contributed by atoms with Crippen molar-refractivity contribution in [1.82, 2.24) is 20.8 Å². The average molecular weight is 448 g/mol. The molecule has 0 aliphatic heterocycles. The van der Waals surface area contributed by atoms with Crippen molar-refractivity contribution < 1.29 is 9.59 Å². The molecular formula is C26H20N6O2. The lowest BCUT2D eigenvalue weighted by Crippen LogP contribution is -2.17. The van der Waals surface area contributed by atoms with Gasteiger partial charge in [0.1, 0.15) is 0 Å². The zero-order valence-corrected chi connectivity index (χ0v) is 18.0. The fourth-order valence-corrected chi connectivity index (χ4v) is 2.99. The van der Waals surface area contributed by atoms with Crippen molar-refractivity contribution in [3.8, 4) is 11.1 Å². The van der Waals surface area contributed by atoms with Crippen LogP contribution in [0.15, 0.2) is 108 Å². The Labute approximate surface area is 196 Å². The Bertz CT molecular complexity index is 1200. The van der Waals surface area contributed by atoms with Gasteiger partial charge in [-0.05, 0) is 70.8 Å². The number of hydrogen-bond donors (Lipinski definition) is 2. The molecular weight excluding hydrogens is 428 g/mol. The third kappa shape index (κ3) is 6.04. The monoisotopic (exact) mass is 448 g/mol. The molecule has 2 heterocycles. The molecule has 4 rings (SSSR count). The maximum atomic E-state index is 12.3. The second-order valence-corrected chi connectivity index (χ2v) is 7.11. The molecule has 0 atom stereocenters. The van der Waals surface area contributed by atoms with E-state index < -0.39 is 0 Å². The van der Waals surface area contributed by atoms with Crippen molar-refractivity contribution in [3.63, 3.8) is 0 Å². The average Bonchev–Trinajstić information content (AvgIpc) is 2.90. The fourth-order valence-electron chi connectivity index (χ4n) is 2.99. The predicted octanol–water partition coefficient (Wildman–Crippen LogP) is 3.67. The molecule has 4 aromatic rings. The van der Waals surface area contributed by atoms with Crippen LogP contribution in [0.3, 0.4) is 0 Å². The van der Waals surface area contributed by atoms with Crippen LogP contribution in [0.4, 0.5) is 0 Å². The lowest BCUT2D eigenvalue weighted by molar-refractivity contribution is 0.0947. The molecule has 0 bridgehead atoms. The van der Waals surface area contributed by atoms with E-state index in [1.807, 2.05) is 24.3 Å². The summed E-state index contributed by atoms with van der Waals surface area (Å²) in [5.41, 5.74) is 9.48. The molecule has 2 N–H and O–H groups in total. The summed E-state index contributed by atoms with van der Waals surface area (Å²) in [7, 11) is 0. The summed E-state index contributed by atoms with van der Waals surface area (Å²) < 4.78 is 0.